The number of halogens is 1. The molecule has 1 aromatic carbocycles. The van der Waals surface area contributed by atoms with Crippen molar-refractivity contribution in [2.45, 2.75) is 39.2 Å². The predicted octanol–water partition coefficient (Wildman–Crippen LogP) is 3.36. The molecule has 1 atom stereocenters. The molecule has 0 aliphatic rings. The number of aromatic nitrogens is 1. The fourth-order valence-corrected chi connectivity index (χ4v) is 3.04. The van der Waals surface area contributed by atoms with Crippen LogP contribution in [0.3, 0.4) is 0 Å². The molecule has 4 N–H and O–H groups in total. The van der Waals surface area contributed by atoms with Crippen molar-refractivity contribution in [3.8, 4) is 11.3 Å². The SMILES string of the molecule is CCCC(C)(N)C(=O)Nc1nc(-c2ccc(NC(C)=O)cc2F)cs1. The van der Waals surface area contributed by atoms with E-state index in [4.69, 9.17) is 5.73 Å². The normalized spacial score (nSPS) is 13.2. The molecule has 25 heavy (non-hydrogen) atoms. The van der Waals surface area contributed by atoms with E-state index in [9.17, 15) is 14.0 Å². The van der Waals surface area contributed by atoms with E-state index >= 15 is 0 Å². The molecule has 0 saturated carbocycles. The van der Waals surface area contributed by atoms with Crippen molar-refractivity contribution in [3.63, 3.8) is 0 Å². The van der Waals surface area contributed by atoms with Gasteiger partial charge in [-0.15, -0.1) is 11.3 Å². The Morgan fingerprint density at radius 2 is 2.08 bits per heavy atom. The Labute approximate surface area is 149 Å². The van der Waals surface area contributed by atoms with Gasteiger partial charge in [0.05, 0.1) is 11.2 Å². The van der Waals surface area contributed by atoms with Gasteiger partial charge in [0.25, 0.3) is 0 Å². The summed E-state index contributed by atoms with van der Waals surface area (Å²) < 4.78 is 14.3. The van der Waals surface area contributed by atoms with Gasteiger partial charge in [-0.1, -0.05) is 13.3 Å². The van der Waals surface area contributed by atoms with Crippen LogP contribution in [0.4, 0.5) is 15.2 Å². The Morgan fingerprint density at radius 1 is 1.36 bits per heavy atom. The number of nitrogens with one attached hydrogen (secondary N) is 2. The molecule has 0 radical (unpaired) electrons. The molecule has 1 unspecified atom stereocenters. The number of carbonyl (C=O) groups excluding carboxylic acids is 2. The summed E-state index contributed by atoms with van der Waals surface area (Å²) in [6.07, 6.45) is 1.34. The van der Waals surface area contributed by atoms with Gasteiger partial charge in [0.2, 0.25) is 11.8 Å². The summed E-state index contributed by atoms with van der Waals surface area (Å²) in [5.74, 6) is -1.11. The summed E-state index contributed by atoms with van der Waals surface area (Å²) in [6, 6.07) is 4.35. The summed E-state index contributed by atoms with van der Waals surface area (Å²) in [6.45, 7) is 4.97. The third-order valence-electron chi connectivity index (χ3n) is 3.58. The summed E-state index contributed by atoms with van der Waals surface area (Å²) in [5, 5.41) is 7.21. The van der Waals surface area contributed by atoms with Gasteiger partial charge in [-0.25, -0.2) is 9.37 Å². The first kappa shape index (κ1) is 19.0. The highest BCUT2D eigenvalue weighted by atomic mass is 32.1. The number of nitrogens with two attached hydrogens (primary N) is 1. The lowest BCUT2D eigenvalue weighted by atomic mass is 9.97. The van der Waals surface area contributed by atoms with Gasteiger partial charge >= 0.3 is 0 Å². The molecule has 2 amide bonds. The zero-order valence-electron chi connectivity index (χ0n) is 14.4. The van der Waals surface area contributed by atoms with E-state index in [-0.39, 0.29) is 17.4 Å². The van der Waals surface area contributed by atoms with Gasteiger partial charge < -0.3 is 16.4 Å². The summed E-state index contributed by atoms with van der Waals surface area (Å²) in [7, 11) is 0. The molecule has 8 heteroatoms. The number of hydrogen-bond donors (Lipinski definition) is 3. The van der Waals surface area contributed by atoms with Gasteiger partial charge in [0, 0.05) is 23.6 Å². The minimum Gasteiger partial charge on any atom is -0.326 e. The van der Waals surface area contributed by atoms with E-state index in [2.05, 4.69) is 15.6 Å². The average molecular weight is 364 g/mol. The third kappa shape index (κ3) is 4.83. The van der Waals surface area contributed by atoms with Crippen LogP contribution in [0.15, 0.2) is 23.6 Å². The van der Waals surface area contributed by atoms with E-state index in [0.717, 1.165) is 6.42 Å². The minimum absolute atomic E-state index is 0.275. The topological polar surface area (TPSA) is 97.1 Å². The van der Waals surface area contributed by atoms with Crippen LogP contribution in [0.5, 0.6) is 0 Å². The van der Waals surface area contributed by atoms with E-state index < -0.39 is 11.4 Å². The van der Waals surface area contributed by atoms with E-state index in [1.165, 1.54) is 30.4 Å². The first-order valence-corrected chi connectivity index (χ1v) is 8.74. The Kier molecular flexibility index (Phi) is 5.86. The number of nitrogens with zero attached hydrogens (tertiary/aromatic N) is 1. The van der Waals surface area contributed by atoms with Crippen LogP contribution in [0.1, 0.15) is 33.6 Å². The molecule has 0 aliphatic heterocycles. The second-order valence-electron chi connectivity index (χ2n) is 6.04. The molecule has 2 rings (SSSR count). The third-order valence-corrected chi connectivity index (χ3v) is 4.34. The number of anilines is 2. The van der Waals surface area contributed by atoms with Crippen LogP contribution in [-0.4, -0.2) is 22.3 Å². The summed E-state index contributed by atoms with van der Waals surface area (Å²) in [5.41, 5.74) is 6.07. The molecule has 2 aromatic rings. The van der Waals surface area contributed by atoms with Crippen molar-refractivity contribution in [2.24, 2.45) is 5.73 Å². The highest BCUT2D eigenvalue weighted by molar-refractivity contribution is 7.14. The van der Waals surface area contributed by atoms with Crippen molar-refractivity contribution in [1.82, 2.24) is 4.98 Å². The van der Waals surface area contributed by atoms with Gasteiger partial charge in [-0.3, -0.25) is 9.59 Å². The molecule has 0 fully saturated rings. The number of amides is 2. The van der Waals surface area contributed by atoms with Gasteiger partial charge in [0.15, 0.2) is 5.13 Å². The zero-order chi connectivity index (χ0) is 18.6. The minimum atomic E-state index is -0.980. The van der Waals surface area contributed by atoms with Crippen LogP contribution in [0, 0.1) is 5.82 Å². The first-order chi connectivity index (χ1) is 11.7. The summed E-state index contributed by atoms with van der Waals surface area (Å²) in [4.78, 5) is 27.5. The second-order valence-corrected chi connectivity index (χ2v) is 6.89. The van der Waals surface area contributed by atoms with Crippen LogP contribution in [0.25, 0.3) is 11.3 Å². The van der Waals surface area contributed by atoms with Crippen molar-refractivity contribution in [2.75, 3.05) is 10.6 Å². The second kappa shape index (κ2) is 7.71. The number of thiazole rings is 1. The summed E-state index contributed by atoms with van der Waals surface area (Å²) >= 11 is 1.20. The maximum Gasteiger partial charge on any atom is 0.245 e. The maximum absolute atomic E-state index is 14.3. The molecule has 134 valence electrons. The molecular formula is C17H21FN4O2S. The maximum atomic E-state index is 14.3. The largest absolute Gasteiger partial charge is 0.326 e. The molecule has 0 spiro atoms. The number of benzene rings is 1. The van der Waals surface area contributed by atoms with Crippen molar-refractivity contribution in [1.29, 1.82) is 0 Å². The van der Waals surface area contributed by atoms with Crippen molar-refractivity contribution >= 4 is 34.0 Å². The fraction of sp³-hybridized carbons (Fsp3) is 0.353. The monoisotopic (exact) mass is 364 g/mol. The van der Waals surface area contributed by atoms with Crippen LogP contribution < -0.4 is 16.4 Å². The lowest BCUT2D eigenvalue weighted by Gasteiger charge is -2.21. The van der Waals surface area contributed by atoms with Gasteiger partial charge in [-0.05, 0) is 31.5 Å². The van der Waals surface area contributed by atoms with Crippen LogP contribution in [0.2, 0.25) is 0 Å². The van der Waals surface area contributed by atoms with Gasteiger partial charge in [0.1, 0.15) is 5.82 Å². The number of hydrogen-bond acceptors (Lipinski definition) is 5. The van der Waals surface area contributed by atoms with Gasteiger partial charge in [-0.2, -0.15) is 0 Å². The standard InChI is InChI=1S/C17H21FN4O2S/c1-4-7-17(3,19)15(24)22-16-21-14(9-25-16)12-6-5-11(8-13(12)18)20-10(2)23/h5-6,8-9H,4,7,19H2,1-3H3,(H,20,23)(H,21,22,24). The van der Waals surface area contributed by atoms with E-state index in [0.29, 0.717) is 22.9 Å². The lowest BCUT2D eigenvalue weighted by molar-refractivity contribution is -0.120. The first-order valence-electron chi connectivity index (χ1n) is 7.86. The Morgan fingerprint density at radius 3 is 2.68 bits per heavy atom. The Balaban J connectivity index is 2.16. The Hall–Kier alpha value is -2.32. The molecule has 1 aromatic heterocycles. The fourth-order valence-electron chi connectivity index (χ4n) is 2.33. The highest BCUT2D eigenvalue weighted by Gasteiger charge is 2.28. The number of carbonyl (C=O) groups is 2. The molecule has 0 saturated heterocycles. The van der Waals surface area contributed by atoms with Crippen molar-refractivity contribution < 1.29 is 14.0 Å². The molecule has 0 bridgehead atoms. The highest BCUT2D eigenvalue weighted by Crippen LogP contribution is 2.29. The average Bonchev–Trinajstić information content (AvgIpc) is 2.94. The quantitative estimate of drug-likeness (QED) is 0.732. The predicted molar refractivity (Wildman–Crippen MR) is 97.9 cm³/mol. The Bertz CT molecular complexity index is 789. The molecule has 6 nitrogen and oxygen atoms in total. The van der Waals surface area contributed by atoms with E-state index in [1.807, 2.05) is 6.92 Å². The number of rotatable bonds is 6. The molecular weight excluding hydrogens is 343 g/mol. The van der Waals surface area contributed by atoms with E-state index in [1.54, 1.807) is 18.4 Å². The molecule has 1 heterocycles. The lowest BCUT2D eigenvalue weighted by Crippen LogP contribution is -2.48. The molecule has 0 aliphatic carbocycles. The van der Waals surface area contributed by atoms with Crippen molar-refractivity contribution in [3.05, 3.63) is 29.4 Å². The van der Waals surface area contributed by atoms with Crippen LogP contribution in [-0.2, 0) is 9.59 Å². The smallest absolute Gasteiger partial charge is 0.245 e. The van der Waals surface area contributed by atoms with Crippen LogP contribution >= 0.6 is 11.3 Å². The zero-order valence-corrected chi connectivity index (χ0v) is 15.2.